The van der Waals surface area contributed by atoms with E-state index in [0.29, 0.717) is 18.2 Å². The minimum atomic E-state index is 0.0479. The van der Waals surface area contributed by atoms with Crippen LogP contribution in [-0.4, -0.2) is 47.1 Å². The predicted molar refractivity (Wildman–Crippen MR) is 115 cm³/mol. The van der Waals surface area contributed by atoms with Crippen LogP contribution in [-0.2, 0) is 11.3 Å². The highest BCUT2D eigenvalue weighted by Crippen LogP contribution is 2.22. The van der Waals surface area contributed by atoms with Crippen molar-refractivity contribution < 1.29 is 9.69 Å². The zero-order chi connectivity index (χ0) is 20.5. The molecule has 1 aromatic carbocycles. The van der Waals surface area contributed by atoms with Crippen molar-refractivity contribution in [3.05, 3.63) is 41.7 Å². The molecule has 1 aromatic heterocycles. The molecule has 0 aliphatic rings. The Kier molecular flexibility index (Phi) is 8.99. The minimum Gasteiger partial charge on any atom is -0.355 e. The van der Waals surface area contributed by atoms with Crippen molar-refractivity contribution in [3.63, 3.8) is 0 Å². The summed E-state index contributed by atoms with van der Waals surface area (Å²) in [4.78, 5) is 13.5. The first-order valence-electron chi connectivity index (χ1n) is 10.1. The Labute approximate surface area is 173 Å². The zero-order valence-electron chi connectivity index (χ0n) is 17.7. The van der Waals surface area contributed by atoms with E-state index in [2.05, 4.69) is 67.1 Å². The van der Waals surface area contributed by atoms with E-state index in [0.717, 1.165) is 30.4 Å². The van der Waals surface area contributed by atoms with Crippen molar-refractivity contribution in [3.8, 4) is 0 Å². The molecule has 0 unspecified atom stereocenters. The molecule has 0 radical (unpaired) electrons. The van der Waals surface area contributed by atoms with Gasteiger partial charge < -0.3 is 10.2 Å². The molecule has 0 fully saturated rings. The number of rotatable bonds is 11. The van der Waals surface area contributed by atoms with Crippen molar-refractivity contribution in [2.24, 2.45) is 5.92 Å². The predicted octanol–water partition coefficient (Wildman–Crippen LogP) is 2.18. The molecule has 0 spiro atoms. The average Bonchev–Trinajstić information content (AvgIpc) is 3.03. The molecule has 2 rings (SSSR count). The first-order chi connectivity index (χ1) is 13.4. The van der Waals surface area contributed by atoms with Gasteiger partial charge in [-0.3, -0.25) is 9.36 Å². The van der Waals surface area contributed by atoms with Crippen LogP contribution < -0.4 is 10.2 Å². The first-order valence-corrected chi connectivity index (χ1v) is 11.1. The number of amides is 1. The molecular weight excluding hydrogens is 370 g/mol. The maximum atomic E-state index is 12.2. The van der Waals surface area contributed by atoms with E-state index in [1.54, 1.807) is 0 Å². The van der Waals surface area contributed by atoms with Crippen molar-refractivity contribution in [2.45, 2.75) is 51.4 Å². The van der Waals surface area contributed by atoms with Crippen LogP contribution in [0.3, 0.4) is 0 Å². The number of quaternary nitrogens is 1. The Morgan fingerprint density at radius 3 is 2.54 bits per heavy atom. The van der Waals surface area contributed by atoms with Crippen LogP contribution in [0.5, 0.6) is 0 Å². The van der Waals surface area contributed by atoms with Crippen LogP contribution in [0.4, 0.5) is 0 Å². The molecule has 1 amide bonds. The van der Waals surface area contributed by atoms with E-state index in [1.807, 2.05) is 18.2 Å². The molecule has 0 aliphatic heterocycles. The number of thioether (sulfide) groups is 1. The number of nitrogens with zero attached hydrogens (tertiary/aromatic N) is 3. The fourth-order valence-electron chi connectivity index (χ4n) is 3.11. The quantitative estimate of drug-likeness (QED) is 0.564. The summed E-state index contributed by atoms with van der Waals surface area (Å²) in [6, 6.07) is 10.6. The molecule has 0 aliphatic carbocycles. The van der Waals surface area contributed by atoms with Gasteiger partial charge in [-0.2, -0.15) is 0 Å². The van der Waals surface area contributed by atoms with Gasteiger partial charge in [-0.1, -0.05) is 62.9 Å². The Morgan fingerprint density at radius 1 is 1.21 bits per heavy atom. The average molecular weight is 405 g/mol. The Hall–Kier alpha value is -1.86. The maximum Gasteiger partial charge on any atom is 0.230 e. The van der Waals surface area contributed by atoms with Crippen LogP contribution in [0.2, 0.25) is 0 Å². The van der Waals surface area contributed by atoms with Gasteiger partial charge in [-0.25, -0.2) is 0 Å². The number of hydrogen-bond acceptors (Lipinski definition) is 4. The molecule has 154 valence electrons. The van der Waals surface area contributed by atoms with Crippen LogP contribution in [0.1, 0.15) is 51.0 Å². The second-order valence-corrected chi connectivity index (χ2v) is 8.71. The smallest absolute Gasteiger partial charge is 0.230 e. The summed E-state index contributed by atoms with van der Waals surface area (Å²) in [5, 5.41) is 12.7. The van der Waals surface area contributed by atoms with Gasteiger partial charge in [0.25, 0.3) is 0 Å². The third-order valence-corrected chi connectivity index (χ3v) is 5.69. The second-order valence-electron chi connectivity index (χ2n) is 7.77. The van der Waals surface area contributed by atoms with Gasteiger partial charge in [0.2, 0.25) is 5.91 Å². The lowest BCUT2D eigenvalue weighted by molar-refractivity contribution is -0.893. The number of aromatic nitrogens is 3. The number of benzene rings is 1. The summed E-state index contributed by atoms with van der Waals surface area (Å²) in [5.41, 5.74) is 1.20. The fraction of sp³-hybridized carbons (Fsp3) is 0.571. The van der Waals surface area contributed by atoms with E-state index in [4.69, 9.17) is 0 Å². The van der Waals surface area contributed by atoms with Gasteiger partial charge >= 0.3 is 0 Å². The van der Waals surface area contributed by atoms with E-state index in [-0.39, 0.29) is 11.9 Å². The number of carbonyl (C=O) groups is 1. The van der Waals surface area contributed by atoms with E-state index < -0.39 is 0 Å². The SMILES string of the molecule is CC[C@@H](c1nnc(SCC(=O)NCCC(C)C)n1Cc1ccccc1)[NH+](C)C. The molecule has 0 bridgehead atoms. The van der Waals surface area contributed by atoms with Crippen LogP contribution in [0, 0.1) is 5.92 Å². The van der Waals surface area contributed by atoms with Crippen molar-refractivity contribution in [1.29, 1.82) is 0 Å². The summed E-state index contributed by atoms with van der Waals surface area (Å²) in [6.07, 6.45) is 1.98. The molecule has 0 saturated heterocycles. The molecule has 1 atom stereocenters. The summed E-state index contributed by atoms with van der Waals surface area (Å²) in [5.74, 6) is 1.97. The topological polar surface area (TPSA) is 64.2 Å². The number of carbonyl (C=O) groups excluding carboxylic acids is 1. The highest BCUT2D eigenvalue weighted by Gasteiger charge is 2.25. The molecule has 2 N–H and O–H groups in total. The van der Waals surface area contributed by atoms with Crippen molar-refractivity contribution in [1.82, 2.24) is 20.1 Å². The fourth-order valence-corrected chi connectivity index (χ4v) is 3.88. The molecule has 2 aromatic rings. The second kappa shape index (κ2) is 11.2. The first kappa shape index (κ1) is 22.4. The standard InChI is InChI=1S/C21H33N5OS/c1-6-18(25(4)5)20-23-24-21(26(20)14-17-10-8-7-9-11-17)28-15-19(27)22-13-12-16(2)3/h7-11,16,18H,6,12-15H2,1-5H3,(H,22,27)/p+1/t18-/m0/s1. The minimum absolute atomic E-state index is 0.0479. The Balaban J connectivity index is 2.14. The normalized spacial score (nSPS) is 12.5. The molecular formula is C21H34N5OS+. The maximum absolute atomic E-state index is 12.2. The third-order valence-electron chi connectivity index (χ3n) is 4.72. The van der Waals surface area contributed by atoms with Gasteiger partial charge in [0.05, 0.1) is 26.4 Å². The van der Waals surface area contributed by atoms with E-state index in [9.17, 15) is 4.79 Å². The molecule has 28 heavy (non-hydrogen) atoms. The summed E-state index contributed by atoms with van der Waals surface area (Å²) < 4.78 is 2.17. The monoisotopic (exact) mass is 404 g/mol. The summed E-state index contributed by atoms with van der Waals surface area (Å²) in [7, 11) is 4.29. The highest BCUT2D eigenvalue weighted by atomic mass is 32.2. The van der Waals surface area contributed by atoms with Gasteiger partial charge in [0.1, 0.15) is 6.04 Å². The molecule has 7 heteroatoms. The van der Waals surface area contributed by atoms with E-state index in [1.165, 1.54) is 22.2 Å². The Bertz CT molecular complexity index is 730. The Morgan fingerprint density at radius 2 is 1.93 bits per heavy atom. The van der Waals surface area contributed by atoms with Gasteiger partial charge in [0, 0.05) is 13.0 Å². The third kappa shape index (κ3) is 6.63. The van der Waals surface area contributed by atoms with Gasteiger partial charge in [0.15, 0.2) is 11.0 Å². The van der Waals surface area contributed by atoms with Crippen molar-refractivity contribution >= 4 is 17.7 Å². The lowest BCUT2D eigenvalue weighted by Gasteiger charge is -2.20. The molecule has 1 heterocycles. The highest BCUT2D eigenvalue weighted by molar-refractivity contribution is 7.99. The van der Waals surface area contributed by atoms with Gasteiger partial charge in [-0.05, 0) is 17.9 Å². The van der Waals surface area contributed by atoms with Crippen molar-refractivity contribution in [2.75, 3.05) is 26.4 Å². The largest absolute Gasteiger partial charge is 0.355 e. The van der Waals surface area contributed by atoms with E-state index >= 15 is 0 Å². The zero-order valence-corrected chi connectivity index (χ0v) is 18.6. The molecule has 6 nitrogen and oxygen atoms in total. The van der Waals surface area contributed by atoms with Gasteiger partial charge in [-0.15, -0.1) is 10.2 Å². The lowest BCUT2D eigenvalue weighted by Crippen LogP contribution is -3.06. The van der Waals surface area contributed by atoms with Crippen LogP contribution in [0.25, 0.3) is 0 Å². The van der Waals surface area contributed by atoms with Crippen LogP contribution >= 0.6 is 11.8 Å². The van der Waals surface area contributed by atoms with Crippen LogP contribution in [0.15, 0.2) is 35.5 Å². The summed E-state index contributed by atoms with van der Waals surface area (Å²) in [6.45, 7) is 7.93. The lowest BCUT2D eigenvalue weighted by atomic mass is 10.1. The number of nitrogens with one attached hydrogen (secondary N) is 2. The molecule has 0 saturated carbocycles. The number of hydrogen-bond donors (Lipinski definition) is 2. The summed E-state index contributed by atoms with van der Waals surface area (Å²) >= 11 is 1.46.